The minimum absolute atomic E-state index is 0.0629. The van der Waals surface area contributed by atoms with E-state index in [0.717, 1.165) is 56.5 Å². The van der Waals surface area contributed by atoms with E-state index in [1.807, 2.05) is 37.5 Å². The molecule has 1 aliphatic rings. The topological polar surface area (TPSA) is 433 Å². The van der Waals surface area contributed by atoms with E-state index >= 15 is 0 Å². The number of alkyl carbamates (subject to hydrolysis) is 2. The van der Waals surface area contributed by atoms with Gasteiger partial charge >= 0.3 is 12.2 Å². The summed E-state index contributed by atoms with van der Waals surface area (Å²) in [4.78, 5) is 80.8. The lowest BCUT2D eigenvalue weighted by atomic mass is 10.1. The number of rotatable bonds is 18. The summed E-state index contributed by atoms with van der Waals surface area (Å²) in [6.45, 7) is 17.2. The second-order valence-electron chi connectivity index (χ2n) is 21.7. The molecule has 10 rings (SSSR count). The van der Waals surface area contributed by atoms with Crippen molar-refractivity contribution in [2.75, 3.05) is 36.0 Å². The lowest BCUT2D eigenvalue weighted by Gasteiger charge is -2.21. The Kier molecular flexibility index (Phi) is 26.9. The number of pyridine rings is 3. The number of aryl methyl sites for hydroxylation is 3. The van der Waals surface area contributed by atoms with Gasteiger partial charge in [0.25, 0.3) is 11.8 Å². The number of nitrogen functional groups attached to an aromatic ring is 1. The van der Waals surface area contributed by atoms with Gasteiger partial charge in [0.05, 0.1) is 91.5 Å². The van der Waals surface area contributed by atoms with Gasteiger partial charge in [-0.2, -0.15) is 46.3 Å². The average molecular weight is 1500 g/mol. The van der Waals surface area contributed by atoms with Crippen LogP contribution in [0.25, 0.3) is 33.1 Å². The summed E-state index contributed by atoms with van der Waals surface area (Å²) in [6.07, 6.45) is 1.97. The number of aromatic amines is 2. The molecule has 518 valence electrons. The van der Waals surface area contributed by atoms with Gasteiger partial charge in [0, 0.05) is 47.9 Å². The summed E-state index contributed by atoms with van der Waals surface area (Å²) < 4.78 is 33.9. The Morgan fingerprint density at radius 2 is 1.18 bits per heavy atom. The first kappa shape index (κ1) is 76.6. The molecule has 100 heavy (non-hydrogen) atoms. The van der Waals surface area contributed by atoms with Crippen molar-refractivity contribution in [3.63, 3.8) is 0 Å². The molecule has 0 aliphatic carbocycles. The van der Waals surface area contributed by atoms with Crippen LogP contribution in [0.15, 0.2) is 83.4 Å². The largest absolute Gasteiger partial charge is 0.453 e. The van der Waals surface area contributed by atoms with Crippen LogP contribution in [0.1, 0.15) is 43.8 Å². The molecule has 7 heterocycles. The van der Waals surface area contributed by atoms with E-state index in [9.17, 15) is 28.8 Å². The minimum atomic E-state index is -1.12. The van der Waals surface area contributed by atoms with Gasteiger partial charge in [-0.25, -0.2) is 29.2 Å². The number of hydrogen-bond acceptors (Lipinski definition) is 25. The van der Waals surface area contributed by atoms with Crippen LogP contribution in [-0.2, 0) is 40.1 Å². The highest BCUT2D eigenvalue weighted by Crippen LogP contribution is 2.43. The van der Waals surface area contributed by atoms with Crippen molar-refractivity contribution in [1.82, 2.24) is 55.8 Å². The van der Waals surface area contributed by atoms with Gasteiger partial charge < -0.3 is 34.2 Å². The number of fused-ring (bicyclic) bond motifs is 3. The van der Waals surface area contributed by atoms with E-state index in [1.54, 1.807) is 67.2 Å². The smallest absolute Gasteiger partial charge is 0.414 e. The number of hydrazone groups is 2. The first-order chi connectivity index (χ1) is 47.5. The number of nitrogens with zero attached hydrogens (tertiary/aromatic N) is 13. The zero-order valence-corrected chi connectivity index (χ0v) is 59.5. The number of aromatic nitrogens is 9. The monoisotopic (exact) mass is 1500 g/mol. The maximum atomic E-state index is 12.2. The Labute approximate surface area is 599 Å². The van der Waals surface area contributed by atoms with Crippen molar-refractivity contribution in [2.24, 2.45) is 10.2 Å². The molecule has 9 aromatic rings. The van der Waals surface area contributed by atoms with E-state index in [1.165, 1.54) is 36.7 Å². The zero-order chi connectivity index (χ0) is 73.1. The fourth-order valence-corrected chi connectivity index (χ4v) is 10.7. The number of anilines is 3. The number of H-pyrrole nitrogens is 2. The van der Waals surface area contributed by atoms with Crippen molar-refractivity contribution >= 4 is 175 Å². The van der Waals surface area contributed by atoms with Crippen molar-refractivity contribution in [3.8, 4) is 52.7 Å². The number of amides is 5. The Hall–Kier alpha value is -10.7. The number of halogens is 6. The number of nitrogens with one attached hydrogen (secondary N) is 5. The molecule has 6 aromatic heterocycles. The summed E-state index contributed by atoms with van der Waals surface area (Å²) in [5.41, 5.74) is 12.5. The molecule has 0 saturated heterocycles. The van der Waals surface area contributed by atoms with Crippen LogP contribution in [0, 0.1) is 54.8 Å². The number of ketones is 1. The van der Waals surface area contributed by atoms with Gasteiger partial charge in [0.1, 0.15) is 42.5 Å². The molecule has 5 amide bonds. The molecule has 3 aromatic carbocycles. The van der Waals surface area contributed by atoms with E-state index in [4.69, 9.17) is 110 Å². The van der Waals surface area contributed by atoms with Crippen molar-refractivity contribution in [2.45, 2.75) is 79.9 Å². The fraction of sp³-hybridized carbons (Fsp3) is 0.242. The third-order valence-corrected chi connectivity index (χ3v) is 16.4. The molecule has 0 saturated carbocycles. The third kappa shape index (κ3) is 20.9. The highest BCUT2D eigenvalue weighted by Gasteiger charge is 2.30. The van der Waals surface area contributed by atoms with Crippen LogP contribution < -0.4 is 41.0 Å². The quantitative estimate of drug-likeness (QED) is 0.0116. The number of nitriles is 3. The molecule has 0 radical (unpaired) electrons. The summed E-state index contributed by atoms with van der Waals surface area (Å²) in [5.74, 6) is -0.936. The molecule has 0 bridgehead atoms. The van der Waals surface area contributed by atoms with Gasteiger partial charge in [0.15, 0.2) is 34.2 Å². The van der Waals surface area contributed by atoms with Crippen LogP contribution >= 0.6 is 69.6 Å². The Balaban J connectivity index is 0.000000196. The van der Waals surface area contributed by atoms with Gasteiger partial charge in [-0.3, -0.25) is 45.4 Å². The predicted octanol–water partition coefficient (Wildman–Crippen LogP) is 13.4. The maximum Gasteiger partial charge on any atom is 0.414 e. The van der Waals surface area contributed by atoms with Gasteiger partial charge in [-0.1, -0.05) is 89.2 Å². The molecular weight excluding hydrogens is 1440 g/mol. The van der Waals surface area contributed by atoms with E-state index in [0.29, 0.717) is 56.8 Å². The van der Waals surface area contributed by atoms with Crippen molar-refractivity contribution in [1.29, 1.82) is 15.8 Å². The van der Waals surface area contributed by atoms with Crippen molar-refractivity contribution in [3.05, 3.63) is 120 Å². The van der Waals surface area contributed by atoms with Crippen LogP contribution in [0.2, 0.25) is 55.8 Å². The Bertz CT molecular complexity index is 4760. The highest BCUT2D eigenvalue weighted by atomic mass is 35.5. The van der Waals surface area contributed by atoms with Crippen LogP contribution in [0.3, 0.4) is 0 Å². The maximum absolute atomic E-state index is 12.2. The molecule has 38 heteroatoms. The predicted molar refractivity (Wildman–Crippen MR) is 375 cm³/mol. The van der Waals surface area contributed by atoms with E-state index in [2.05, 4.69) is 85.2 Å². The second-order valence-corrected chi connectivity index (χ2v) is 29.8. The molecule has 0 fully saturated rings. The number of nitrogens with two attached hydrogens (primary N) is 1. The Morgan fingerprint density at radius 1 is 0.690 bits per heavy atom. The standard InChI is InChI=1S/C19H15Cl2N7O4.C19H24Cl2N4O2Si.C18H10Cl2N6O3.C6H8N2O3/c1-3-31-19(30)24-18(29)15(7-22)27-26-10-4-13(20)16(14(21)5-10)32-11-6-12-9(2)25-28-17(12)23-8-11;1-12-15-9-14(27-18-16(20)7-13(22)8-17(18)21)10-23-19(15)25(24-12)11-26-5-6-28(2,3)4;1-8-11-4-10(7-22-18(11)24-23-8)29-17-12(19)2-9(3-13(17)20)26-16(28)5-15(27)14(6-21)25-26;1-2-11-6(10)8-5(9)3-4-7/h4-6,8,26H,3H2,1-2H3,(H,23,25,28)(H,24,29,30);7-10H,5-6,11,22H2,1-4H3;2-4,7H,5H2,1H3,(H,22,23,24);2-3H2,1H3,(H,8,9,10)/b27-15+;;;. The molecule has 31 nitrogen and oxygen atoms in total. The summed E-state index contributed by atoms with van der Waals surface area (Å²) in [6, 6.07) is 20.2. The number of Topliss-reactive ketones (excluding diaryl/α,β-unsaturated/α-hetero) is 1. The lowest BCUT2D eigenvalue weighted by Crippen LogP contribution is -2.36. The normalized spacial score (nSPS) is 11.8. The van der Waals surface area contributed by atoms with Gasteiger partial charge in [-0.05, 0) is 95.3 Å². The number of carbonyl (C=O) groups excluding carboxylic acids is 6. The van der Waals surface area contributed by atoms with Gasteiger partial charge in [-0.15, -0.1) is 0 Å². The first-order valence-corrected chi connectivity index (χ1v) is 35.2. The molecule has 0 unspecified atom stereocenters. The molecular formula is C62H57Cl6N19O12Si. The number of carbonyl (C=O) groups is 6. The van der Waals surface area contributed by atoms with Crippen LogP contribution in [-0.4, -0.2) is 120 Å². The third-order valence-electron chi connectivity index (χ3n) is 13.0. The molecule has 1 aliphatic heterocycles. The van der Waals surface area contributed by atoms with Gasteiger partial charge in [0.2, 0.25) is 23.1 Å². The lowest BCUT2D eigenvalue weighted by molar-refractivity contribution is -0.124. The molecule has 7 N–H and O–H groups in total. The number of imide groups is 2. The molecule has 0 atom stereocenters. The minimum Gasteiger partial charge on any atom is -0.453 e. The van der Waals surface area contributed by atoms with Crippen LogP contribution in [0.5, 0.6) is 34.5 Å². The average Bonchev–Trinajstić information content (AvgIpc) is 1.38. The summed E-state index contributed by atoms with van der Waals surface area (Å²) in [5, 5.41) is 60.1. The SMILES string of the molecule is CCOC(=O)NC(=O)/C(C#N)=N/Nc1cc(Cl)c(Oc2cnc3n[nH]c(C)c3c2)c(Cl)c1.CCOC(=O)NC(=O)CC#N.Cc1[nH]nc2ncc(Oc3c(Cl)cc(N4N=C(C#N)C(=O)CC4=O)cc3Cl)cc12.Cc1nn(COCC[Si](C)(C)C)c2ncc(Oc3c(Cl)cc(N)cc3Cl)cc12. The summed E-state index contributed by atoms with van der Waals surface area (Å²) >= 11 is 37.6. The second kappa shape index (κ2) is 35.2. The summed E-state index contributed by atoms with van der Waals surface area (Å²) in [7, 11) is -1.12. The Morgan fingerprint density at radius 3 is 1.67 bits per heavy atom. The molecule has 0 spiro atoms. The van der Waals surface area contributed by atoms with Crippen molar-refractivity contribution < 1.29 is 57.2 Å². The highest BCUT2D eigenvalue weighted by molar-refractivity contribution is 6.76. The number of hydrogen-bond donors (Lipinski definition) is 6. The van der Waals surface area contributed by atoms with E-state index < -0.39 is 55.9 Å². The number of benzene rings is 3. The fourth-order valence-electron chi connectivity index (χ4n) is 8.26. The zero-order valence-electron chi connectivity index (χ0n) is 53.9. The first-order valence-electron chi connectivity index (χ1n) is 29.2. The number of ether oxygens (including phenoxy) is 6. The van der Waals surface area contributed by atoms with E-state index in [-0.39, 0.29) is 68.3 Å². The van der Waals surface area contributed by atoms with Crippen LogP contribution in [0.4, 0.5) is 26.7 Å².